The van der Waals surface area contributed by atoms with Gasteiger partial charge in [0.25, 0.3) is 0 Å². The molecule has 6 heteroatoms. The van der Waals surface area contributed by atoms with E-state index in [1.165, 1.54) is 24.8 Å². The second kappa shape index (κ2) is 11.0. The number of pyridine rings is 3. The van der Waals surface area contributed by atoms with Crippen LogP contribution in [0, 0.1) is 0 Å². The molecule has 0 N–H and O–H groups in total. The molecule has 0 atom stereocenters. The normalized spacial score (nSPS) is 11.7. The second-order valence-electron chi connectivity index (χ2n) is 9.38. The van der Waals surface area contributed by atoms with Crippen molar-refractivity contribution < 1.29 is 15.0 Å². The molecule has 0 fully saturated rings. The molecule has 0 radical (unpaired) electrons. The van der Waals surface area contributed by atoms with Crippen molar-refractivity contribution in [2.24, 2.45) is 0 Å². The van der Waals surface area contributed by atoms with Gasteiger partial charge in [-0.25, -0.2) is 0 Å². The third-order valence-corrected chi connectivity index (χ3v) is 14.1. The Morgan fingerprint density at radius 3 is 1.62 bits per heavy atom. The van der Waals surface area contributed by atoms with Gasteiger partial charge in [0.15, 0.2) is 0 Å². The number of hydrogen-bond donors (Lipinski definition) is 0. The number of rotatable bonds is 6. The van der Waals surface area contributed by atoms with Crippen LogP contribution >= 0.6 is 0 Å². The molecule has 0 saturated carbocycles. The van der Waals surface area contributed by atoms with Gasteiger partial charge in [0.2, 0.25) is 0 Å². The van der Waals surface area contributed by atoms with Crippen molar-refractivity contribution in [3.63, 3.8) is 0 Å². The van der Waals surface area contributed by atoms with Gasteiger partial charge in [0.1, 0.15) is 0 Å². The minimum absolute atomic E-state index is 0.735. The molecule has 0 bridgehead atoms. The standard InChI is InChI=1S/C15H11N3.2C4H11Si.Fe/c1-3-9-16-13(7-1)12-6-5-11-18-15(12)14-8-2-4-10-17-14;2*1-5(2,3)4;/h1-11H;2*1H2,2-4H3;. The topological polar surface area (TPSA) is 38.7 Å². The van der Waals surface area contributed by atoms with Crippen molar-refractivity contribution >= 4 is 16.1 Å². The molecular formula is C23H33FeN3Si2. The van der Waals surface area contributed by atoms with E-state index in [4.69, 9.17) is 0 Å². The average Bonchev–Trinajstić information content (AvgIpc) is 2.68. The maximum Gasteiger partial charge on any atom is 0.0980 e. The van der Waals surface area contributed by atoms with Gasteiger partial charge < -0.3 is 0 Å². The van der Waals surface area contributed by atoms with Gasteiger partial charge in [-0.15, -0.1) is 0 Å². The van der Waals surface area contributed by atoms with Gasteiger partial charge in [-0.1, -0.05) is 12.1 Å². The molecule has 0 aliphatic heterocycles. The van der Waals surface area contributed by atoms with E-state index in [-0.39, 0.29) is 0 Å². The van der Waals surface area contributed by atoms with Crippen LogP contribution in [0.25, 0.3) is 22.6 Å². The number of aromatic nitrogens is 3. The van der Waals surface area contributed by atoms with Gasteiger partial charge in [-0.2, -0.15) is 0 Å². The molecule has 3 heterocycles. The van der Waals surface area contributed by atoms with Crippen molar-refractivity contribution in [3.8, 4) is 22.6 Å². The Kier molecular flexibility index (Phi) is 8.96. The quantitative estimate of drug-likeness (QED) is 0.375. The number of hydrogen-bond acceptors (Lipinski definition) is 3. The first-order valence-electron chi connectivity index (χ1n) is 9.94. The van der Waals surface area contributed by atoms with E-state index < -0.39 is 16.1 Å². The van der Waals surface area contributed by atoms with Gasteiger partial charge in [-0.05, 0) is 36.4 Å². The first-order chi connectivity index (χ1) is 13.7. The Morgan fingerprint density at radius 1 is 0.621 bits per heavy atom. The molecule has 0 spiro atoms. The molecule has 3 aromatic heterocycles. The first kappa shape index (κ1) is 23.7. The fraction of sp³-hybridized carbons (Fsp3) is 0.348. The zero-order chi connectivity index (χ0) is 21.3. The summed E-state index contributed by atoms with van der Waals surface area (Å²) in [6.45, 7) is 14.8. The molecule has 0 aromatic carbocycles. The third kappa shape index (κ3) is 9.17. The zero-order valence-electron chi connectivity index (χ0n) is 18.5. The molecule has 156 valence electrons. The van der Waals surface area contributed by atoms with E-state index in [1.807, 2.05) is 48.5 Å². The van der Waals surface area contributed by atoms with E-state index in [1.54, 1.807) is 18.6 Å². The molecular weight excluding hydrogens is 430 g/mol. The molecule has 3 rings (SSSR count). The molecule has 0 unspecified atom stereocenters. The van der Waals surface area contributed by atoms with Crippen LogP contribution in [0.3, 0.4) is 0 Å². The maximum absolute atomic E-state index is 4.42. The van der Waals surface area contributed by atoms with Crippen molar-refractivity contribution in [2.45, 2.75) is 49.2 Å². The summed E-state index contributed by atoms with van der Waals surface area (Å²) in [5.41, 5.74) is 3.62. The number of nitrogens with zero attached hydrogens (tertiary/aromatic N) is 3. The van der Waals surface area contributed by atoms with Gasteiger partial charge >= 0.3 is 80.3 Å². The Balaban J connectivity index is 0.000000237. The van der Waals surface area contributed by atoms with Crippen LogP contribution in [-0.4, -0.2) is 31.1 Å². The molecule has 3 aromatic rings. The van der Waals surface area contributed by atoms with Crippen molar-refractivity contribution in [1.82, 2.24) is 15.0 Å². The summed E-state index contributed by atoms with van der Waals surface area (Å²) in [5, 5.41) is 0. The van der Waals surface area contributed by atoms with Crippen LogP contribution in [0.4, 0.5) is 0 Å². The summed E-state index contributed by atoms with van der Waals surface area (Å²) in [6, 6.07) is 15.6. The van der Waals surface area contributed by atoms with Crippen LogP contribution in [0.2, 0.25) is 49.2 Å². The van der Waals surface area contributed by atoms with Crippen molar-refractivity contribution in [1.29, 1.82) is 0 Å². The Hall–Kier alpha value is -1.60. The summed E-state index contributed by atoms with van der Waals surface area (Å²) in [7, 11) is -1.47. The average molecular weight is 464 g/mol. The fourth-order valence-electron chi connectivity index (χ4n) is 2.42. The largest absolute Gasteiger partial charge is 0.256 e. The molecule has 29 heavy (non-hydrogen) atoms. The van der Waals surface area contributed by atoms with E-state index in [2.05, 4.69) is 54.2 Å². The summed E-state index contributed by atoms with van der Waals surface area (Å²) < 4.78 is 0. The summed E-state index contributed by atoms with van der Waals surface area (Å²) >= 11 is 1.49. The Labute approximate surface area is 184 Å². The zero-order valence-corrected chi connectivity index (χ0v) is 21.6. The van der Waals surface area contributed by atoms with Gasteiger partial charge in [0, 0.05) is 24.2 Å². The summed E-state index contributed by atoms with van der Waals surface area (Å²) in [6.07, 6.45) is 5.33. The van der Waals surface area contributed by atoms with E-state index in [0.29, 0.717) is 0 Å². The van der Waals surface area contributed by atoms with Crippen LogP contribution < -0.4 is 0 Å². The van der Waals surface area contributed by atoms with E-state index in [9.17, 15) is 0 Å². The SMILES string of the molecule is C[Si](C)(C)[CH2][Fe][CH2][Si](C)(C)C.c1ccc(-c2cccnc2-c2ccccn2)nc1. The monoisotopic (exact) mass is 463 g/mol. The van der Waals surface area contributed by atoms with E-state index in [0.717, 1.165) is 22.6 Å². The first-order valence-corrected chi connectivity index (χ1v) is 18.9. The van der Waals surface area contributed by atoms with E-state index >= 15 is 0 Å². The summed E-state index contributed by atoms with van der Waals surface area (Å²) in [5.74, 6) is 0. The minimum atomic E-state index is -0.735. The maximum atomic E-state index is 4.42. The van der Waals surface area contributed by atoms with Crippen LogP contribution in [0.1, 0.15) is 0 Å². The fourth-order valence-corrected chi connectivity index (χ4v) is 10.0. The smallest absolute Gasteiger partial charge is 0.0980 e. The summed E-state index contributed by atoms with van der Waals surface area (Å²) in [4.78, 5) is 16.2. The van der Waals surface area contributed by atoms with Crippen LogP contribution in [0.5, 0.6) is 0 Å². The van der Waals surface area contributed by atoms with Gasteiger partial charge in [0.05, 0.1) is 17.1 Å². The predicted molar refractivity (Wildman–Crippen MR) is 127 cm³/mol. The minimum Gasteiger partial charge on any atom is -0.256 e. The molecule has 0 amide bonds. The van der Waals surface area contributed by atoms with Crippen LogP contribution in [-0.2, 0) is 15.0 Å². The van der Waals surface area contributed by atoms with Gasteiger partial charge in [-0.3, -0.25) is 15.0 Å². The predicted octanol–water partition coefficient (Wildman–Crippen LogP) is 6.87. The third-order valence-electron chi connectivity index (χ3n) is 3.58. The molecule has 0 aliphatic carbocycles. The molecule has 0 aliphatic rings. The Morgan fingerprint density at radius 2 is 1.14 bits per heavy atom. The second-order valence-corrected chi connectivity index (χ2v) is 23.0. The Bertz CT molecular complexity index is 788. The molecule has 3 nitrogen and oxygen atoms in total. The van der Waals surface area contributed by atoms with Crippen molar-refractivity contribution in [2.75, 3.05) is 0 Å². The van der Waals surface area contributed by atoms with Crippen LogP contribution in [0.15, 0.2) is 67.1 Å². The van der Waals surface area contributed by atoms with Crippen molar-refractivity contribution in [3.05, 3.63) is 67.1 Å². The molecule has 0 saturated heterocycles.